The highest BCUT2D eigenvalue weighted by Crippen LogP contribution is 2.33. The standard InChI is InChI=1S/C13H14N2O3S/c1-13(12(16)17)7-18-6-10(13)15-11-8-3-5-19-9(8)2-4-14-11/h2-5,10H,6-7H2,1H3,(H,14,15)(H,16,17). The highest BCUT2D eigenvalue weighted by Gasteiger charge is 2.46. The summed E-state index contributed by atoms with van der Waals surface area (Å²) >= 11 is 1.64. The van der Waals surface area contributed by atoms with E-state index >= 15 is 0 Å². The maximum atomic E-state index is 11.4. The van der Waals surface area contributed by atoms with Gasteiger partial charge in [0.25, 0.3) is 0 Å². The van der Waals surface area contributed by atoms with Crippen molar-refractivity contribution in [3.8, 4) is 0 Å². The van der Waals surface area contributed by atoms with E-state index in [4.69, 9.17) is 4.74 Å². The number of anilines is 1. The fourth-order valence-corrected chi connectivity index (χ4v) is 3.04. The molecule has 19 heavy (non-hydrogen) atoms. The van der Waals surface area contributed by atoms with Crippen LogP contribution in [-0.2, 0) is 9.53 Å². The number of hydrogen-bond acceptors (Lipinski definition) is 5. The van der Waals surface area contributed by atoms with Crippen molar-refractivity contribution in [2.45, 2.75) is 13.0 Å². The second-order valence-electron chi connectivity index (χ2n) is 4.93. The number of nitrogens with one attached hydrogen (secondary N) is 1. The van der Waals surface area contributed by atoms with Crippen molar-refractivity contribution in [3.05, 3.63) is 23.7 Å². The number of hydrogen-bond donors (Lipinski definition) is 2. The third-order valence-electron chi connectivity index (χ3n) is 3.63. The molecule has 6 heteroatoms. The molecule has 3 heterocycles. The first kappa shape index (κ1) is 12.4. The Bertz CT molecular complexity index is 627. The van der Waals surface area contributed by atoms with Gasteiger partial charge in [-0.15, -0.1) is 11.3 Å². The molecule has 2 N–H and O–H groups in total. The Morgan fingerprint density at radius 2 is 2.47 bits per heavy atom. The molecule has 0 radical (unpaired) electrons. The lowest BCUT2D eigenvalue weighted by atomic mass is 9.85. The maximum Gasteiger partial charge on any atom is 0.313 e. The topological polar surface area (TPSA) is 71.5 Å². The summed E-state index contributed by atoms with van der Waals surface area (Å²) in [5.41, 5.74) is -0.917. The number of carbonyl (C=O) groups is 1. The molecule has 0 bridgehead atoms. The Morgan fingerprint density at radius 1 is 1.63 bits per heavy atom. The smallest absolute Gasteiger partial charge is 0.313 e. The molecular formula is C13H14N2O3S. The first-order valence-electron chi connectivity index (χ1n) is 6.01. The quantitative estimate of drug-likeness (QED) is 0.900. The second-order valence-corrected chi connectivity index (χ2v) is 5.87. The van der Waals surface area contributed by atoms with Crippen molar-refractivity contribution in [1.29, 1.82) is 0 Å². The van der Waals surface area contributed by atoms with Crippen molar-refractivity contribution < 1.29 is 14.6 Å². The molecule has 2 aromatic heterocycles. The monoisotopic (exact) mass is 278 g/mol. The summed E-state index contributed by atoms with van der Waals surface area (Å²) in [5, 5.41) is 15.6. The Hall–Kier alpha value is -1.66. The van der Waals surface area contributed by atoms with Crippen LogP contribution >= 0.6 is 11.3 Å². The minimum Gasteiger partial charge on any atom is -0.481 e. The predicted molar refractivity (Wildman–Crippen MR) is 73.6 cm³/mol. The van der Waals surface area contributed by atoms with E-state index in [-0.39, 0.29) is 12.6 Å². The van der Waals surface area contributed by atoms with Crippen molar-refractivity contribution in [1.82, 2.24) is 4.98 Å². The average Bonchev–Trinajstić information content (AvgIpc) is 2.98. The van der Waals surface area contributed by atoms with Crippen LogP contribution in [0.5, 0.6) is 0 Å². The first-order chi connectivity index (χ1) is 9.11. The minimum atomic E-state index is -0.917. The lowest BCUT2D eigenvalue weighted by Crippen LogP contribution is -2.43. The van der Waals surface area contributed by atoms with Gasteiger partial charge in [-0.05, 0) is 24.4 Å². The van der Waals surface area contributed by atoms with Gasteiger partial charge in [-0.25, -0.2) is 4.98 Å². The number of carboxylic acids is 1. The van der Waals surface area contributed by atoms with Crippen LogP contribution in [-0.4, -0.2) is 35.3 Å². The van der Waals surface area contributed by atoms with E-state index in [0.29, 0.717) is 6.61 Å². The SMILES string of the molecule is CC1(C(=O)O)COCC1Nc1nccc2sccc12. The highest BCUT2D eigenvalue weighted by molar-refractivity contribution is 7.17. The van der Waals surface area contributed by atoms with Gasteiger partial charge in [-0.2, -0.15) is 0 Å². The summed E-state index contributed by atoms with van der Waals surface area (Å²) in [5.74, 6) is -0.123. The van der Waals surface area contributed by atoms with E-state index in [9.17, 15) is 9.90 Å². The van der Waals surface area contributed by atoms with E-state index in [1.54, 1.807) is 24.5 Å². The molecule has 1 aliphatic rings. The van der Waals surface area contributed by atoms with Crippen LogP contribution < -0.4 is 5.32 Å². The fraction of sp³-hybridized carbons (Fsp3) is 0.385. The van der Waals surface area contributed by atoms with Crippen LogP contribution in [0.2, 0.25) is 0 Å². The molecular weight excluding hydrogens is 264 g/mol. The fourth-order valence-electron chi connectivity index (χ4n) is 2.26. The number of pyridine rings is 1. The molecule has 0 saturated carbocycles. The van der Waals surface area contributed by atoms with Crippen LogP contribution in [0.25, 0.3) is 10.1 Å². The van der Waals surface area contributed by atoms with Gasteiger partial charge < -0.3 is 15.2 Å². The van der Waals surface area contributed by atoms with Crippen LogP contribution in [0.4, 0.5) is 5.82 Å². The number of nitrogens with zero attached hydrogens (tertiary/aromatic N) is 1. The van der Waals surface area contributed by atoms with Gasteiger partial charge in [0.15, 0.2) is 0 Å². The Balaban J connectivity index is 1.93. The zero-order chi connectivity index (χ0) is 13.5. The molecule has 3 rings (SSSR count). The lowest BCUT2D eigenvalue weighted by molar-refractivity contribution is -0.148. The van der Waals surface area contributed by atoms with E-state index < -0.39 is 11.4 Å². The first-order valence-corrected chi connectivity index (χ1v) is 6.89. The summed E-state index contributed by atoms with van der Waals surface area (Å²) in [7, 11) is 0. The number of thiophene rings is 1. The summed E-state index contributed by atoms with van der Waals surface area (Å²) in [6.45, 7) is 2.30. The van der Waals surface area contributed by atoms with E-state index in [1.165, 1.54) is 0 Å². The Kier molecular flexibility index (Phi) is 2.91. The number of fused-ring (bicyclic) bond motifs is 1. The highest BCUT2D eigenvalue weighted by atomic mass is 32.1. The van der Waals surface area contributed by atoms with Crippen molar-refractivity contribution >= 4 is 33.2 Å². The number of rotatable bonds is 3. The van der Waals surface area contributed by atoms with Gasteiger partial charge in [0.1, 0.15) is 11.2 Å². The van der Waals surface area contributed by atoms with Gasteiger partial charge in [0, 0.05) is 16.3 Å². The normalized spacial score (nSPS) is 26.7. The Labute approximate surface area is 114 Å². The molecule has 100 valence electrons. The summed E-state index contributed by atoms with van der Waals surface area (Å²) in [6.07, 6.45) is 1.73. The molecule has 5 nitrogen and oxygen atoms in total. The van der Waals surface area contributed by atoms with Gasteiger partial charge in [-0.1, -0.05) is 0 Å². The van der Waals surface area contributed by atoms with Gasteiger partial charge in [-0.3, -0.25) is 4.79 Å². The van der Waals surface area contributed by atoms with Crippen molar-refractivity contribution in [2.24, 2.45) is 5.41 Å². The van der Waals surface area contributed by atoms with E-state index in [2.05, 4.69) is 10.3 Å². The second kappa shape index (κ2) is 4.47. The third-order valence-corrected chi connectivity index (χ3v) is 4.52. The molecule has 0 spiro atoms. The molecule has 0 aromatic carbocycles. The zero-order valence-electron chi connectivity index (χ0n) is 10.4. The van der Waals surface area contributed by atoms with Gasteiger partial charge >= 0.3 is 5.97 Å². The van der Waals surface area contributed by atoms with Crippen molar-refractivity contribution in [2.75, 3.05) is 18.5 Å². The summed E-state index contributed by atoms with van der Waals surface area (Å²) in [4.78, 5) is 15.7. The number of ether oxygens (including phenoxy) is 1. The van der Waals surface area contributed by atoms with Gasteiger partial charge in [0.2, 0.25) is 0 Å². The third kappa shape index (κ3) is 1.97. The van der Waals surface area contributed by atoms with Crippen LogP contribution in [0.3, 0.4) is 0 Å². The summed E-state index contributed by atoms with van der Waals surface area (Å²) in [6, 6.07) is 3.67. The molecule has 2 aromatic rings. The average molecular weight is 278 g/mol. The summed E-state index contributed by atoms with van der Waals surface area (Å²) < 4.78 is 6.46. The maximum absolute atomic E-state index is 11.4. The largest absolute Gasteiger partial charge is 0.481 e. The number of aromatic nitrogens is 1. The van der Waals surface area contributed by atoms with Gasteiger partial charge in [0.05, 0.1) is 19.3 Å². The zero-order valence-corrected chi connectivity index (χ0v) is 11.2. The number of carboxylic acid groups (broad SMARTS) is 1. The molecule has 1 saturated heterocycles. The number of aliphatic carboxylic acids is 1. The lowest BCUT2D eigenvalue weighted by Gasteiger charge is -2.26. The molecule has 0 amide bonds. The van der Waals surface area contributed by atoms with Crippen LogP contribution in [0, 0.1) is 5.41 Å². The van der Waals surface area contributed by atoms with Crippen LogP contribution in [0.1, 0.15) is 6.92 Å². The molecule has 0 aliphatic carbocycles. The van der Waals surface area contributed by atoms with Crippen LogP contribution in [0.15, 0.2) is 23.7 Å². The molecule has 2 unspecified atom stereocenters. The molecule has 1 fully saturated rings. The Morgan fingerprint density at radius 3 is 3.26 bits per heavy atom. The van der Waals surface area contributed by atoms with E-state index in [1.807, 2.05) is 17.5 Å². The minimum absolute atomic E-state index is 0.222. The van der Waals surface area contributed by atoms with E-state index in [0.717, 1.165) is 15.9 Å². The predicted octanol–water partition coefficient (Wildman–Crippen LogP) is 2.20. The van der Waals surface area contributed by atoms with Crippen molar-refractivity contribution in [3.63, 3.8) is 0 Å². The molecule has 1 aliphatic heterocycles. The molecule has 2 atom stereocenters.